The largest absolute Gasteiger partial charge is 0.495 e. The number of halogens is 1. The van der Waals surface area contributed by atoms with Crippen LogP contribution in [0.1, 0.15) is 5.82 Å². The van der Waals surface area contributed by atoms with Crippen LogP contribution in [0.4, 0.5) is 5.69 Å². The Kier molecular flexibility index (Phi) is 5.80. The molecular weight excluding hydrogens is 372 g/mol. The van der Waals surface area contributed by atoms with Crippen molar-refractivity contribution in [2.24, 2.45) is 0 Å². The van der Waals surface area contributed by atoms with Gasteiger partial charge < -0.3 is 10.1 Å². The summed E-state index contributed by atoms with van der Waals surface area (Å²) in [6.45, 7) is 1.88. The SMILES string of the molecule is COc1ccc(Cl)cc1NC(=O)CSc1nnc(C)n1-c1ccccc1. The number of para-hydroxylation sites is 1. The minimum Gasteiger partial charge on any atom is -0.495 e. The second-order valence-corrected chi connectivity index (χ2v) is 6.76. The number of methoxy groups -OCH3 is 1. The molecule has 0 saturated carbocycles. The Morgan fingerprint density at radius 3 is 2.73 bits per heavy atom. The van der Waals surface area contributed by atoms with Crippen LogP contribution < -0.4 is 10.1 Å². The molecule has 1 N–H and O–H groups in total. The fourth-order valence-electron chi connectivity index (χ4n) is 2.41. The number of ether oxygens (including phenoxy) is 1. The number of benzene rings is 2. The number of aromatic nitrogens is 3. The number of hydrogen-bond acceptors (Lipinski definition) is 5. The molecule has 1 amide bonds. The molecule has 8 heteroatoms. The first-order valence-corrected chi connectivity index (χ1v) is 9.18. The fraction of sp³-hybridized carbons (Fsp3) is 0.167. The number of anilines is 1. The number of nitrogens with one attached hydrogen (secondary N) is 1. The lowest BCUT2D eigenvalue weighted by Gasteiger charge is -2.11. The van der Waals surface area contributed by atoms with Crippen LogP contribution in [-0.4, -0.2) is 33.5 Å². The molecule has 6 nitrogen and oxygen atoms in total. The zero-order valence-corrected chi connectivity index (χ0v) is 15.8. The molecule has 26 heavy (non-hydrogen) atoms. The lowest BCUT2D eigenvalue weighted by Crippen LogP contribution is -2.15. The monoisotopic (exact) mass is 388 g/mol. The van der Waals surface area contributed by atoms with Crippen molar-refractivity contribution < 1.29 is 9.53 Å². The van der Waals surface area contributed by atoms with E-state index in [1.165, 1.54) is 11.8 Å². The average Bonchev–Trinajstić information content (AvgIpc) is 3.01. The van der Waals surface area contributed by atoms with Crippen molar-refractivity contribution in [3.8, 4) is 11.4 Å². The number of carbonyl (C=O) groups is 1. The maximum absolute atomic E-state index is 12.3. The highest BCUT2D eigenvalue weighted by atomic mass is 35.5. The molecule has 3 aromatic rings. The van der Waals surface area contributed by atoms with Gasteiger partial charge in [-0.3, -0.25) is 9.36 Å². The molecule has 0 aliphatic carbocycles. The first kappa shape index (κ1) is 18.3. The van der Waals surface area contributed by atoms with Gasteiger partial charge in [0.25, 0.3) is 0 Å². The van der Waals surface area contributed by atoms with Crippen molar-refractivity contribution >= 4 is 35.0 Å². The summed E-state index contributed by atoms with van der Waals surface area (Å²) in [6, 6.07) is 14.8. The van der Waals surface area contributed by atoms with Crippen molar-refractivity contribution in [3.63, 3.8) is 0 Å². The van der Waals surface area contributed by atoms with E-state index < -0.39 is 0 Å². The van der Waals surface area contributed by atoms with E-state index in [4.69, 9.17) is 16.3 Å². The molecule has 1 aromatic heterocycles. The van der Waals surface area contributed by atoms with E-state index in [0.717, 1.165) is 11.5 Å². The zero-order chi connectivity index (χ0) is 18.5. The summed E-state index contributed by atoms with van der Waals surface area (Å²) in [6.07, 6.45) is 0. The van der Waals surface area contributed by atoms with Crippen molar-refractivity contribution in [2.75, 3.05) is 18.2 Å². The van der Waals surface area contributed by atoms with E-state index >= 15 is 0 Å². The van der Waals surface area contributed by atoms with Gasteiger partial charge in [0.2, 0.25) is 5.91 Å². The van der Waals surface area contributed by atoms with Gasteiger partial charge in [-0.05, 0) is 37.3 Å². The van der Waals surface area contributed by atoms with Crippen LogP contribution in [0.25, 0.3) is 5.69 Å². The number of thioether (sulfide) groups is 1. The quantitative estimate of drug-likeness (QED) is 0.647. The van der Waals surface area contributed by atoms with Gasteiger partial charge in [-0.25, -0.2) is 0 Å². The Bertz CT molecular complexity index is 915. The number of aryl methyl sites for hydroxylation is 1. The molecule has 0 bridgehead atoms. The third-order valence-corrected chi connectivity index (χ3v) is 4.74. The summed E-state index contributed by atoms with van der Waals surface area (Å²) in [5.74, 6) is 1.31. The van der Waals surface area contributed by atoms with Crippen LogP contribution in [0.15, 0.2) is 53.7 Å². The summed E-state index contributed by atoms with van der Waals surface area (Å²) in [4.78, 5) is 12.3. The zero-order valence-electron chi connectivity index (χ0n) is 14.3. The van der Waals surface area contributed by atoms with Crippen molar-refractivity contribution in [1.82, 2.24) is 14.8 Å². The highest BCUT2D eigenvalue weighted by Gasteiger charge is 2.14. The van der Waals surface area contributed by atoms with Gasteiger partial charge >= 0.3 is 0 Å². The molecule has 0 radical (unpaired) electrons. The topological polar surface area (TPSA) is 69.0 Å². The molecule has 0 unspecified atom stereocenters. The summed E-state index contributed by atoms with van der Waals surface area (Å²) in [5.41, 5.74) is 1.49. The minimum atomic E-state index is -0.184. The molecular formula is C18H17ClN4O2S. The van der Waals surface area contributed by atoms with Crippen LogP contribution in [0.5, 0.6) is 5.75 Å². The maximum atomic E-state index is 12.3. The van der Waals surface area contributed by atoms with E-state index in [9.17, 15) is 4.79 Å². The minimum absolute atomic E-state index is 0.181. The summed E-state index contributed by atoms with van der Waals surface area (Å²) in [5, 5.41) is 12.3. The van der Waals surface area contributed by atoms with E-state index in [1.54, 1.807) is 25.3 Å². The molecule has 0 spiro atoms. The number of rotatable bonds is 6. The van der Waals surface area contributed by atoms with E-state index in [1.807, 2.05) is 41.8 Å². The van der Waals surface area contributed by atoms with Gasteiger partial charge in [0, 0.05) is 10.7 Å². The molecule has 0 atom stereocenters. The molecule has 0 fully saturated rings. The second-order valence-electron chi connectivity index (χ2n) is 5.38. The maximum Gasteiger partial charge on any atom is 0.234 e. The average molecular weight is 389 g/mol. The predicted octanol–water partition coefficient (Wildman–Crippen LogP) is 3.97. The van der Waals surface area contributed by atoms with Gasteiger partial charge in [-0.15, -0.1) is 10.2 Å². The summed E-state index contributed by atoms with van der Waals surface area (Å²) in [7, 11) is 1.54. The molecule has 134 valence electrons. The molecule has 2 aromatic carbocycles. The Labute approximate surface area is 160 Å². The van der Waals surface area contributed by atoms with Gasteiger partial charge in [-0.2, -0.15) is 0 Å². The van der Waals surface area contributed by atoms with E-state index in [-0.39, 0.29) is 11.7 Å². The molecule has 0 aliphatic rings. The third kappa shape index (κ3) is 4.17. The summed E-state index contributed by atoms with van der Waals surface area (Å²) >= 11 is 7.30. The van der Waals surface area contributed by atoms with Gasteiger partial charge in [-0.1, -0.05) is 41.6 Å². The molecule has 3 rings (SSSR count). The number of nitrogens with zero attached hydrogens (tertiary/aromatic N) is 3. The lowest BCUT2D eigenvalue weighted by molar-refractivity contribution is -0.113. The Morgan fingerprint density at radius 1 is 1.23 bits per heavy atom. The van der Waals surface area contributed by atoms with Gasteiger partial charge in [0.15, 0.2) is 5.16 Å². The first-order chi connectivity index (χ1) is 12.6. The molecule has 1 heterocycles. The lowest BCUT2D eigenvalue weighted by atomic mass is 10.3. The van der Waals surface area contributed by atoms with Crippen LogP contribution >= 0.6 is 23.4 Å². The molecule has 0 saturated heterocycles. The number of hydrogen-bond donors (Lipinski definition) is 1. The van der Waals surface area contributed by atoms with E-state index in [2.05, 4.69) is 15.5 Å². The first-order valence-electron chi connectivity index (χ1n) is 7.82. The van der Waals surface area contributed by atoms with Crippen molar-refractivity contribution in [2.45, 2.75) is 12.1 Å². The number of carbonyl (C=O) groups excluding carboxylic acids is 1. The van der Waals surface area contributed by atoms with Crippen LogP contribution in [0, 0.1) is 6.92 Å². The second kappa shape index (κ2) is 8.25. The van der Waals surface area contributed by atoms with Crippen LogP contribution in [-0.2, 0) is 4.79 Å². The fourth-order valence-corrected chi connectivity index (χ4v) is 3.37. The van der Waals surface area contributed by atoms with Crippen LogP contribution in [0.3, 0.4) is 0 Å². The van der Waals surface area contributed by atoms with Crippen molar-refractivity contribution in [1.29, 1.82) is 0 Å². The van der Waals surface area contributed by atoms with Crippen molar-refractivity contribution in [3.05, 3.63) is 59.4 Å². The van der Waals surface area contributed by atoms with Crippen LogP contribution in [0.2, 0.25) is 5.02 Å². The highest BCUT2D eigenvalue weighted by molar-refractivity contribution is 7.99. The van der Waals surface area contributed by atoms with Gasteiger partial charge in [0.05, 0.1) is 18.6 Å². The predicted molar refractivity (Wildman–Crippen MR) is 103 cm³/mol. The number of amides is 1. The highest BCUT2D eigenvalue weighted by Crippen LogP contribution is 2.28. The smallest absolute Gasteiger partial charge is 0.234 e. The molecule has 0 aliphatic heterocycles. The Hall–Kier alpha value is -2.51. The third-order valence-electron chi connectivity index (χ3n) is 3.58. The normalized spacial score (nSPS) is 10.6. The summed E-state index contributed by atoms with van der Waals surface area (Å²) < 4.78 is 7.15. The van der Waals surface area contributed by atoms with Gasteiger partial charge in [0.1, 0.15) is 11.6 Å². The Balaban J connectivity index is 1.71. The standard InChI is InChI=1S/C18H17ClN4O2S/c1-12-21-22-18(23(12)14-6-4-3-5-7-14)26-11-17(24)20-15-10-13(19)8-9-16(15)25-2/h3-10H,11H2,1-2H3,(H,20,24). The Morgan fingerprint density at radius 2 is 2.00 bits per heavy atom. The van der Waals surface area contributed by atoms with E-state index in [0.29, 0.717) is 21.6 Å².